The largest absolute Gasteiger partial charge is 0.490 e. The Hall–Kier alpha value is -2.40. The predicted molar refractivity (Wildman–Crippen MR) is 120 cm³/mol. The fourth-order valence-corrected chi connectivity index (χ4v) is 3.01. The first-order valence-corrected chi connectivity index (χ1v) is 10.5. The summed E-state index contributed by atoms with van der Waals surface area (Å²) in [6, 6.07) is 11.4. The van der Waals surface area contributed by atoms with Crippen LogP contribution in [0.3, 0.4) is 0 Å². The summed E-state index contributed by atoms with van der Waals surface area (Å²) in [6.45, 7) is 9.73. The number of nitrogens with one attached hydrogen (secondary N) is 2. The maximum absolute atomic E-state index is 12.0. The molecule has 5 nitrogen and oxygen atoms in total. The highest BCUT2D eigenvalue weighted by molar-refractivity contribution is 6.31. The monoisotopic (exact) mass is 418 g/mol. The van der Waals surface area contributed by atoms with Gasteiger partial charge in [0.15, 0.2) is 11.5 Å². The lowest BCUT2D eigenvalue weighted by Crippen LogP contribution is -2.14. The molecule has 158 valence electrons. The summed E-state index contributed by atoms with van der Waals surface area (Å²) in [6.07, 6.45) is 1.41. The van der Waals surface area contributed by atoms with Crippen LogP contribution in [0.15, 0.2) is 36.4 Å². The van der Waals surface area contributed by atoms with Gasteiger partial charge in [-0.15, -0.1) is 0 Å². The Labute approximate surface area is 178 Å². The maximum Gasteiger partial charge on any atom is 0.224 e. The van der Waals surface area contributed by atoms with Gasteiger partial charge < -0.3 is 20.1 Å². The van der Waals surface area contributed by atoms with E-state index in [9.17, 15) is 4.79 Å². The van der Waals surface area contributed by atoms with Gasteiger partial charge >= 0.3 is 0 Å². The minimum atomic E-state index is 0.0178. The zero-order chi connectivity index (χ0) is 21.2. The number of anilines is 2. The number of ether oxygens (including phenoxy) is 2. The highest BCUT2D eigenvalue weighted by Crippen LogP contribution is 2.34. The highest BCUT2D eigenvalue weighted by atomic mass is 35.5. The van der Waals surface area contributed by atoms with Gasteiger partial charge in [-0.3, -0.25) is 4.79 Å². The highest BCUT2D eigenvalue weighted by Gasteiger charge is 2.12. The molecule has 0 bridgehead atoms. The van der Waals surface area contributed by atoms with E-state index in [1.165, 1.54) is 0 Å². The second-order valence-electron chi connectivity index (χ2n) is 7.25. The third kappa shape index (κ3) is 7.50. The predicted octanol–water partition coefficient (Wildman–Crippen LogP) is 6.12. The number of benzene rings is 2. The Morgan fingerprint density at radius 2 is 1.79 bits per heavy atom. The molecular weight excluding hydrogens is 388 g/mol. The zero-order valence-corrected chi connectivity index (χ0v) is 18.4. The molecule has 0 aliphatic carbocycles. The van der Waals surface area contributed by atoms with Crippen molar-refractivity contribution in [3.05, 3.63) is 47.0 Å². The molecule has 0 aliphatic heterocycles. The molecule has 1 amide bonds. The van der Waals surface area contributed by atoms with Crippen LogP contribution in [-0.4, -0.2) is 19.1 Å². The van der Waals surface area contributed by atoms with Crippen LogP contribution in [0, 0.1) is 5.92 Å². The van der Waals surface area contributed by atoms with Gasteiger partial charge in [0.1, 0.15) is 0 Å². The van der Waals surface area contributed by atoms with Crippen LogP contribution in [0.25, 0.3) is 0 Å². The first-order chi connectivity index (χ1) is 13.9. The van der Waals surface area contributed by atoms with Crippen molar-refractivity contribution >= 4 is 28.9 Å². The van der Waals surface area contributed by atoms with Crippen molar-refractivity contribution < 1.29 is 14.3 Å². The average Bonchev–Trinajstić information content (AvgIpc) is 2.66. The first-order valence-electron chi connectivity index (χ1n) is 10.1. The number of hydrogen-bond donors (Lipinski definition) is 2. The van der Waals surface area contributed by atoms with Crippen molar-refractivity contribution in [2.24, 2.45) is 5.92 Å². The first kappa shape index (κ1) is 22.9. The summed E-state index contributed by atoms with van der Waals surface area (Å²) in [4.78, 5) is 12.0. The molecule has 2 aromatic carbocycles. The van der Waals surface area contributed by atoms with Crippen LogP contribution in [-0.2, 0) is 11.3 Å². The van der Waals surface area contributed by atoms with Crippen LogP contribution in [0.4, 0.5) is 11.4 Å². The van der Waals surface area contributed by atoms with E-state index >= 15 is 0 Å². The number of carbonyl (C=O) groups excluding carboxylic acids is 1. The van der Waals surface area contributed by atoms with E-state index in [0.29, 0.717) is 48.6 Å². The quantitative estimate of drug-likeness (QED) is 0.461. The third-order valence-electron chi connectivity index (χ3n) is 4.10. The van der Waals surface area contributed by atoms with Gasteiger partial charge in [0.2, 0.25) is 5.91 Å². The summed E-state index contributed by atoms with van der Waals surface area (Å²) < 4.78 is 11.5. The number of rotatable bonds is 11. The minimum absolute atomic E-state index is 0.0178. The lowest BCUT2D eigenvalue weighted by atomic mass is 10.1. The van der Waals surface area contributed by atoms with Crippen molar-refractivity contribution in [1.82, 2.24) is 0 Å². The molecule has 6 heteroatoms. The summed E-state index contributed by atoms with van der Waals surface area (Å²) in [5.74, 6) is 1.70. The van der Waals surface area contributed by atoms with Crippen LogP contribution in [0.2, 0.25) is 5.02 Å². The standard InChI is InChI=1S/C23H31ClN2O3/c1-5-10-29-22-14-20(24)17(12-21(22)28-6-2)15-25-18-8-7-9-19(13-18)26-23(27)11-16(3)4/h7-9,12-14,16,25H,5-6,10-11,15H2,1-4H3,(H,26,27). The van der Waals surface area contributed by atoms with E-state index in [1.807, 2.05) is 57.2 Å². The maximum atomic E-state index is 12.0. The molecule has 0 unspecified atom stereocenters. The van der Waals surface area contributed by atoms with E-state index < -0.39 is 0 Å². The van der Waals surface area contributed by atoms with Gasteiger partial charge in [0.25, 0.3) is 0 Å². The molecule has 0 radical (unpaired) electrons. The van der Waals surface area contributed by atoms with Crippen molar-refractivity contribution in [3.63, 3.8) is 0 Å². The Balaban J connectivity index is 2.08. The Kier molecular flexibility index (Phi) is 9.13. The lowest BCUT2D eigenvalue weighted by molar-refractivity contribution is -0.116. The van der Waals surface area contributed by atoms with E-state index in [4.69, 9.17) is 21.1 Å². The van der Waals surface area contributed by atoms with Crippen LogP contribution in [0.1, 0.15) is 46.1 Å². The number of hydrogen-bond acceptors (Lipinski definition) is 4. The molecule has 0 spiro atoms. The van der Waals surface area contributed by atoms with Crippen LogP contribution in [0.5, 0.6) is 11.5 Å². The molecular formula is C23H31ClN2O3. The van der Waals surface area contributed by atoms with Gasteiger partial charge in [-0.05, 0) is 49.1 Å². The fourth-order valence-electron chi connectivity index (χ4n) is 2.79. The molecule has 0 saturated heterocycles. The molecule has 0 aromatic heterocycles. The van der Waals surface area contributed by atoms with Gasteiger partial charge in [0, 0.05) is 35.4 Å². The second kappa shape index (κ2) is 11.6. The molecule has 2 N–H and O–H groups in total. The van der Waals surface area contributed by atoms with Gasteiger partial charge in [0.05, 0.1) is 13.2 Å². The van der Waals surface area contributed by atoms with E-state index in [0.717, 1.165) is 23.4 Å². The summed E-state index contributed by atoms with van der Waals surface area (Å²) in [5.41, 5.74) is 2.57. The Morgan fingerprint density at radius 1 is 1.07 bits per heavy atom. The van der Waals surface area contributed by atoms with E-state index in [-0.39, 0.29) is 5.91 Å². The van der Waals surface area contributed by atoms with Gasteiger partial charge in [-0.2, -0.15) is 0 Å². The van der Waals surface area contributed by atoms with Crippen LogP contribution < -0.4 is 20.1 Å². The average molecular weight is 419 g/mol. The van der Waals surface area contributed by atoms with E-state index in [2.05, 4.69) is 17.6 Å². The van der Waals surface area contributed by atoms with Gasteiger partial charge in [-0.1, -0.05) is 38.4 Å². The van der Waals surface area contributed by atoms with Crippen molar-refractivity contribution in [2.45, 2.75) is 47.1 Å². The van der Waals surface area contributed by atoms with E-state index in [1.54, 1.807) is 0 Å². The van der Waals surface area contributed by atoms with Crippen LogP contribution >= 0.6 is 11.6 Å². The number of amides is 1. The Morgan fingerprint density at radius 3 is 2.48 bits per heavy atom. The zero-order valence-electron chi connectivity index (χ0n) is 17.7. The van der Waals surface area contributed by atoms with Crippen molar-refractivity contribution in [2.75, 3.05) is 23.8 Å². The third-order valence-corrected chi connectivity index (χ3v) is 4.45. The molecule has 0 aliphatic rings. The van der Waals surface area contributed by atoms with Crippen molar-refractivity contribution in [1.29, 1.82) is 0 Å². The summed E-state index contributed by atoms with van der Waals surface area (Å²) >= 11 is 6.46. The van der Waals surface area contributed by atoms with Gasteiger partial charge in [-0.25, -0.2) is 0 Å². The van der Waals surface area contributed by atoms with Crippen molar-refractivity contribution in [3.8, 4) is 11.5 Å². The Bertz CT molecular complexity index is 809. The number of carbonyl (C=O) groups is 1. The lowest BCUT2D eigenvalue weighted by Gasteiger charge is -2.15. The SMILES string of the molecule is CCCOc1cc(Cl)c(CNc2cccc(NC(=O)CC(C)C)c2)cc1OCC. The topological polar surface area (TPSA) is 59.6 Å². The number of halogens is 1. The molecule has 29 heavy (non-hydrogen) atoms. The molecule has 0 saturated carbocycles. The normalized spacial score (nSPS) is 10.7. The molecule has 0 atom stereocenters. The summed E-state index contributed by atoms with van der Waals surface area (Å²) in [5, 5.41) is 6.91. The minimum Gasteiger partial charge on any atom is -0.490 e. The fraction of sp³-hybridized carbons (Fsp3) is 0.435. The molecule has 0 heterocycles. The molecule has 2 rings (SSSR count). The smallest absolute Gasteiger partial charge is 0.224 e. The molecule has 0 fully saturated rings. The second-order valence-corrected chi connectivity index (χ2v) is 7.66. The molecule has 2 aromatic rings. The summed E-state index contributed by atoms with van der Waals surface area (Å²) in [7, 11) is 0.